The second-order valence-corrected chi connectivity index (χ2v) is 27.4. The van der Waals surface area contributed by atoms with Crippen molar-refractivity contribution in [3.8, 4) is 0 Å². The fraction of sp³-hybridized carbons (Fsp3) is 0.765. The molecule has 0 saturated carbocycles. The van der Waals surface area contributed by atoms with Crippen molar-refractivity contribution in [3.05, 3.63) is 24.3 Å². The fourth-order valence-electron chi connectivity index (χ4n) is 3.19. The van der Waals surface area contributed by atoms with E-state index in [0.29, 0.717) is 0 Å². The van der Waals surface area contributed by atoms with Crippen LogP contribution >= 0.6 is 0 Å². The van der Waals surface area contributed by atoms with E-state index in [9.17, 15) is 0 Å². The fourth-order valence-corrected chi connectivity index (χ4v) is 28.2. The van der Waals surface area contributed by atoms with Crippen molar-refractivity contribution < 1.29 is 26.2 Å². The standard InChI is InChI=1S/C5H5.C4H8O.2C4H11Si.Sc/c2*1-2-4-5-3-1;2*1-5(2,3)4;/h1-5H;1-4H2;2*1H2,2-4H3;. The molecule has 0 N–H and O–H groups in total. The van der Waals surface area contributed by atoms with Crippen LogP contribution in [-0.4, -0.2) is 29.4 Å². The Morgan fingerprint density at radius 1 is 0.857 bits per heavy atom. The molecule has 21 heavy (non-hydrogen) atoms. The zero-order valence-corrected chi connectivity index (χ0v) is 18.9. The van der Waals surface area contributed by atoms with E-state index in [2.05, 4.69) is 63.6 Å². The molecule has 0 atom stereocenters. The van der Waals surface area contributed by atoms with E-state index in [1.54, 1.807) is 7.60 Å². The van der Waals surface area contributed by atoms with Gasteiger partial charge in [-0.1, -0.05) is 0 Å². The first kappa shape index (κ1) is 19.8. The van der Waals surface area contributed by atoms with E-state index < -0.39 is 37.6 Å². The summed E-state index contributed by atoms with van der Waals surface area (Å²) >= 11 is -1.11. The van der Waals surface area contributed by atoms with Crippen molar-refractivity contribution in [1.29, 1.82) is 0 Å². The normalized spacial score (nSPS) is 18.8. The van der Waals surface area contributed by atoms with Crippen LogP contribution in [0.3, 0.4) is 0 Å². The molecular formula is C17H35OScSi2. The topological polar surface area (TPSA) is 9.23 Å². The molecule has 2 aliphatic rings. The van der Waals surface area contributed by atoms with Gasteiger partial charge in [0.05, 0.1) is 0 Å². The molecule has 0 radical (unpaired) electrons. The average Bonchev–Trinajstić information content (AvgIpc) is 3.02. The molecule has 0 amide bonds. The number of rotatable bonds is 5. The predicted molar refractivity (Wildman–Crippen MR) is 98.4 cm³/mol. The van der Waals surface area contributed by atoms with Gasteiger partial charge < -0.3 is 4.74 Å². The molecule has 0 unspecified atom stereocenters. The molecule has 2 rings (SSSR count). The Hall–Kier alpha value is 0.744. The van der Waals surface area contributed by atoms with Crippen LogP contribution in [0.4, 0.5) is 0 Å². The van der Waals surface area contributed by atoms with E-state index in [0.717, 1.165) is 16.9 Å². The minimum atomic E-state index is -1.11. The van der Waals surface area contributed by atoms with Crippen molar-refractivity contribution in [1.82, 2.24) is 0 Å². The average molecular weight is 357 g/mol. The quantitative estimate of drug-likeness (QED) is 0.557. The van der Waals surface area contributed by atoms with Crippen LogP contribution in [0.15, 0.2) is 24.3 Å². The van der Waals surface area contributed by atoms with E-state index in [1.165, 1.54) is 12.8 Å². The molecule has 0 bridgehead atoms. The van der Waals surface area contributed by atoms with Gasteiger partial charge in [0.1, 0.15) is 0 Å². The SMILES string of the molecule is C1CCOC1.C[Si](C)(C)[CH2][Sc]([CH2][Si](C)(C)C)[CH]1C=CC=C1. The Kier molecular flexibility index (Phi) is 8.61. The Morgan fingerprint density at radius 3 is 1.57 bits per heavy atom. The zero-order chi connectivity index (χ0) is 15.9. The number of ether oxygens (including phenoxy) is 1. The molecule has 1 fully saturated rings. The van der Waals surface area contributed by atoms with Gasteiger partial charge >= 0.3 is 112 Å². The monoisotopic (exact) mass is 356 g/mol. The van der Waals surface area contributed by atoms with Crippen LogP contribution in [0.25, 0.3) is 0 Å². The molecule has 120 valence electrons. The maximum atomic E-state index is 4.94. The zero-order valence-electron chi connectivity index (χ0n) is 15.1. The minimum absolute atomic E-state index is 0.850. The number of allylic oxidation sites excluding steroid dienone is 4. The first-order valence-electron chi connectivity index (χ1n) is 8.60. The third-order valence-corrected chi connectivity index (χ3v) is 26.2. The van der Waals surface area contributed by atoms with Gasteiger partial charge in [0.25, 0.3) is 0 Å². The van der Waals surface area contributed by atoms with Gasteiger partial charge in [-0.05, 0) is 12.8 Å². The summed E-state index contributed by atoms with van der Waals surface area (Å²) in [5, 5.41) is 0. The molecule has 0 aromatic rings. The van der Waals surface area contributed by atoms with Crippen LogP contribution < -0.4 is 0 Å². The Labute approximate surface area is 142 Å². The third-order valence-electron chi connectivity index (χ3n) is 3.90. The van der Waals surface area contributed by atoms with Crippen LogP contribution in [0, 0.1) is 0 Å². The van der Waals surface area contributed by atoms with Gasteiger partial charge in [0, 0.05) is 13.2 Å². The number of hydrogen-bond donors (Lipinski definition) is 0. The predicted octanol–water partition coefficient (Wildman–Crippen LogP) is 5.91. The summed E-state index contributed by atoms with van der Waals surface area (Å²) in [6.45, 7) is 17.3. The summed E-state index contributed by atoms with van der Waals surface area (Å²) in [5.74, 6) is 0. The maximum absolute atomic E-state index is 4.94. The Balaban J connectivity index is 0.000000369. The van der Waals surface area contributed by atoms with Gasteiger partial charge in [-0.2, -0.15) is 0 Å². The number of hydrogen-bond acceptors (Lipinski definition) is 1. The molecule has 1 saturated heterocycles. The van der Waals surface area contributed by atoms with E-state index in [1.807, 2.05) is 0 Å². The summed E-state index contributed by atoms with van der Waals surface area (Å²) < 4.78 is 9.21. The van der Waals surface area contributed by atoms with E-state index in [-0.39, 0.29) is 0 Å². The van der Waals surface area contributed by atoms with Crippen LogP contribution in [0.2, 0.25) is 50.6 Å². The van der Waals surface area contributed by atoms with Gasteiger partial charge in [-0.3, -0.25) is 0 Å². The van der Waals surface area contributed by atoms with Gasteiger partial charge in [-0.25, -0.2) is 0 Å². The third kappa shape index (κ3) is 10.2. The molecule has 1 heterocycles. The Bertz CT molecular complexity index is 313. The van der Waals surface area contributed by atoms with Crippen molar-refractivity contribution in [2.75, 3.05) is 13.2 Å². The van der Waals surface area contributed by atoms with Gasteiger partial charge in [0.2, 0.25) is 0 Å². The second kappa shape index (κ2) is 9.14. The summed E-state index contributed by atoms with van der Waals surface area (Å²) in [7, 11) is -1.70. The van der Waals surface area contributed by atoms with Gasteiger partial charge in [0.15, 0.2) is 0 Å². The van der Waals surface area contributed by atoms with Gasteiger partial charge in [-0.15, -0.1) is 0 Å². The van der Waals surface area contributed by atoms with E-state index in [4.69, 9.17) is 4.74 Å². The summed E-state index contributed by atoms with van der Waals surface area (Å²) in [6.07, 6.45) is 12.1. The van der Waals surface area contributed by atoms with Crippen molar-refractivity contribution in [2.45, 2.75) is 63.4 Å². The van der Waals surface area contributed by atoms with Crippen molar-refractivity contribution >= 4 is 16.1 Å². The molecule has 4 heteroatoms. The second-order valence-electron chi connectivity index (χ2n) is 8.96. The summed E-state index contributed by atoms with van der Waals surface area (Å²) in [6, 6.07) is 0. The summed E-state index contributed by atoms with van der Waals surface area (Å²) in [5.41, 5.74) is 0. The molecule has 0 spiro atoms. The van der Waals surface area contributed by atoms with E-state index >= 15 is 0 Å². The molecule has 1 nitrogen and oxygen atoms in total. The molecule has 0 aromatic heterocycles. The van der Waals surface area contributed by atoms with Crippen molar-refractivity contribution in [3.63, 3.8) is 0 Å². The van der Waals surface area contributed by atoms with Crippen LogP contribution in [-0.2, 0) is 26.2 Å². The van der Waals surface area contributed by atoms with Crippen LogP contribution in [0.1, 0.15) is 12.8 Å². The molecule has 1 aliphatic heterocycles. The van der Waals surface area contributed by atoms with Crippen molar-refractivity contribution in [2.24, 2.45) is 0 Å². The first-order valence-corrected chi connectivity index (χ1v) is 19.6. The first-order chi connectivity index (χ1) is 9.67. The summed E-state index contributed by atoms with van der Waals surface area (Å²) in [4.78, 5) is 0. The molecular weight excluding hydrogens is 321 g/mol. The Morgan fingerprint density at radius 2 is 1.29 bits per heavy atom. The molecule has 0 aromatic carbocycles. The van der Waals surface area contributed by atoms with Crippen LogP contribution in [0.5, 0.6) is 0 Å². The molecule has 1 aliphatic carbocycles.